The molecule has 0 aromatic carbocycles. The molecule has 2 amide bonds. The highest BCUT2D eigenvalue weighted by molar-refractivity contribution is 5.98. The van der Waals surface area contributed by atoms with Gasteiger partial charge in [0.15, 0.2) is 0 Å². The molecule has 0 unspecified atom stereocenters. The second-order valence-corrected chi connectivity index (χ2v) is 6.48. The highest BCUT2D eigenvalue weighted by Crippen LogP contribution is 2.18. The maximum absolute atomic E-state index is 12.6. The van der Waals surface area contributed by atoms with Crippen LogP contribution < -0.4 is 0 Å². The van der Waals surface area contributed by atoms with Crippen molar-refractivity contribution < 1.29 is 9.59 Å². The van der Waals surface area contributed by atoms with Crippen LogP contribution in [0.1, 0.15) is 60.4 Å². The third kappa shape index (κ3) is 4.53. The summed E-state index contributed by atoms with van der Waals surface area (Å²) in [4.78, 5) is 32.7. The first-order chi connectivity index (χ1) is 11.0. The van der Waals surface area contributed by atoms with Gasteiger partial charge in [-0.3, -0.25) is 14.6 Å². The van der Waals surface area contributed by atoms with E-state index >= 15 is 0 Å². The summed E-state index contributed by atoms with van der Waals surface area (Å²) in [5.41, 5.74) is 0.904. The van der Waals surface area contributed by atoms with Gasteiger partial charge in [-0.1, -0.05) is 20.3 Å². The molecule has 2 rings (SSSR count). The Morgan fingerprint density at radius 2 is 2.04 bits per heavy atom. The van der Waals surface area contributed by atoms with Crippen molar-refractivity contribution in [3.05, 3.63) is 29.6 Å². The van der Waals surface area contributed by atoms with E-state index in [1.54, 1.807) is 30.3 Å². The largest absolute Gasteiger partial charge is 0.340 e. The van der Waals surface area contributed by atoms with Crippen LogP contribution in [0.2, 0.25) is 0 Å². The van der Waals surface area contributed by atoms with Crippen molar-refractivity contribution in [3.63, 3.8) is 0 Å². The fourth-order valence-electron chi connectivity index (χ4n) is 2.77. The number of piperidine rings is 1. The fraction of sp³-hybridized carbons (Fsp3) is 0.611. The molecule has 5 heteroatoms. The van der Waals surface area contributed by atoms with Crippen LogP contribution >= 0.6 is 0 Å². The van der Waals surface area contributed by atoms with Gasteiger partial charge in [-0.2, -0.15) is 0 Å². The Balaban J connectivity index is 2.07. The van der Waals surface area contributed by atoms with Crippen LogP contribution in [0.3, 0.4) is 0 Å². The van der Waals surface area contributed by atoms with Crippen molar-refractivity contribution in [1.29, 1.82) is 0 Å². The summed E-state index contributed by atoms with van der Waals surface area (Å²) < 4.78 is 0. The molecule has 1 aliphatic rings. The van der Waals surface area contributed by atoms with E-state index in [9.17, 15) is 9.59 Å². The molecule has 23 heavy (non-hydrogen) atoms. The predicted molar refractivity (Wildman–Crippen MR) is 90.4 cm³/mol. The summed E-state index contributed by atoms with van der Waals surface area (Å²) in [7, 11) is 1.78. The standard InChI is InChI=1S/C18H27N3O2/c1-4-5-10-20(3)18(23)16-13-15(6-9-19-16)17(22)21-11-7-14(2)8-12-21/h6,9,13-14H,4-5,7-8,10-12H2,1-3H3. The molecule has 0 aliphatic carbocycles. The molecule has 0 atom stereocenters. The SMILES string of the molecule is CCCCN(C)C(=O)c1cc(C(=O)N2CCC(C)CC2)ccn1. The van der Waals surface area contributed by atoms with E-state index in [0.29, 0.717) is 23.7 Å². The summed E-state index contributed by atoms with van der Waals surface area (Å²) in [5.74, 6) is 0.561. The van der Waals surface area contributed by atoms with Gasteiger partial charge in [0.05, 0.1) is 0 Å². The molecule has 0 radical (unpaired) electrons. The summed E-state index contributed by atoms with van der Waals surface area (Å²) in [5, 5.41) is 0. The molecule has 0 saturated carbocycles. The number of pyridine rings is 1. The van der Waals surface area contributed by atoms with Crippen LogP contribution in [0.4, 0.5) is 0 Å². The third-order valence-electron chi connectivity index (χ3n) is 4.49. The second kappa shape index (κ2) is 8.09. The predicted octanol–water partition coefficient (Wildman–Crippen LogP) is 2.83. The Bertz CT molecular complexity index is 551. The van der Waals surface area contributed by atoms with Gasteiger partial charge in [-0.25, -0.2) is 0 Å². The van der Waals surface area contributed by atoms with Gasteiger partial charge < -0.3 is 9.80 Å². The number of amides is 2. The maximum Gasteiger partial charge on any atom is 0.272 e. The van der Waals surface area contributed by atoms with Crippen molar-refractivity contribution in [1.82, 2.24) is 14.8 Å². The lowest BCUT2D eigenvalue weighted by atomic mass is 9.98. The van der Waals surface area contributed by atoms with Crippen LogP contribution in [0.15, 0.2) is 18.3 Å². The van der Waals surface area contributed by atoms with Gasteiger partial charge in [0.2, 0.25) is 0 Å². The smallest absolute Gasteiger partial charge is 0.272 e. The number of hydrogen-bond acceptors (Lipinski definition) is 3. The normalized spacial score (nSPS) is 15.5. The van der Waals surface area contributed by atoms with E-state index in [0.717, 1.165) is 38.8 Å². The Hall–Kier alpha value is -1.91. The van der Waals surface area contributed by atoms with Crippen molar-refractivity contribution >= 4 is 11.8 Å². The Kier molecular flexibility index (Phi) is 6.13. The Morgan fingerprint density at radius 1 is 1.35 bits per heavy atom. The van der Waals surface area contributed by atoms with Crippen LogP contribution in [0.25, 0.3) is 0 Å². The first-order valence-corrected chi connectivity index (χ1v) is 8.53. The highest BCUT2D eigenvalue weighted by atomic mass is 16.2. The van der Waals surface area contributed by atoms with E-state index < -0.39 is 0 Å². The van der Waals surface area contributed by atoms with Crippen molar-refractivity contribution in [2.24, 2.45) is 5.92 Å². The lowest BCUT2D eigenvalue weighted by Gasteiger charge is -2.30. The fourth-order valence-corrected chi connectivity index (χ4v) is 2.77. The molecule has 1 aromatic heterocycles. The van der Waals surface area contributed by atoms with E-state index in [1.165, 1.54) is 0 Å². The number of carbonyl (C=O) groups excluding carboxylic acids is 2. The first-order valence-electron chi connectivity index (χ1n) is 8.53. The van der Waals surface area contributed by atoms with Gasteiger partial charge >= 0.3 is 0 Å². The minimum absolute atomic E-state index is 0.00422. The average Bonchev–Trinajstić information content (AvgIpc) is 2.59. The molecule has 1 saturated heterocycles. The number of unbranched alkanes of at least 4 members (excludes halogenated alkanes) is 1. The molecule has 1 fully saturated rings. The lowest BCUT2D eigenvalue weighted by Crippen LogP contribution is -2.38. The third-order valence-corrected chi connectivity index (χ3v) is 4.49. The van der Waals surface area contributed by atoms with E-state index in [4.69, 9.17) is 0 Å². The topological polar surface area (TPSA) is 53.5 Å². The molecule has 126 valence electrons. The monoisotopic (exact) mass is 317 g/mol. The maximum atomic E-state index is 12.6. The van der Waals surface area contributed by atoms with Crippen LogP contribution in [-0.4, -0.2) is 53.3 Å². The van der Waals surface area contributed by atoms with Gasteiger partial charge in [0.25, 0.3) is 11.8 Å². The van der Waals surface area contributed by atoms with E-state index in [2.05, 4.69) is 18.8 Å². The second-order valence-electron chi connectivity index (χ2n) is 6.48. The lowest BCUT2D eigenvalue weighted by molar-refractivity contribution is 0.0697. The van der Waals surface area contributed by atoms with Gasteiger partial charge in [-0.15, -0.1) is 0 Å². The van der Waals surface area contributed by atoms with Gasteiger partial charge in [0, 0.05) is 38.4 Å². The van der Waals surface area contributed by atoms with E-state index in [-0.39, 0.29) is 11.8 Å². The van der Waals surface area contributed by atoms with Gasteiger partial charge in [-0.05, 0) is 37.3 Å². The molecular formula is C18H27N3O2. The first kappa shape index (κ1) is 17.4. The zero-order valence-corrected chi connectivity index (χ0v) is 14.4. The molecule has 0 spiro atoms. The summed E-state index contributed by atoms with van der Waals surface area (Å²) in [6.45, 7) is 6.61. The van der Waals surface area contributed by atoms with Crippen molar-refractivity contribution in [2.45, 2.75) is 39.5 Å². The molecule has 2 heterocycles. The number of likely N-dealkylation sites (tertiary alicyclic amines) is 1. The molecule has 0 bridgehead atoms. The number of nitrogens with zero attached hydrogens (tertiary/aromatic N) is 3. The number of carbonyl (C=O) groups is 2. The average molecular weight is 317 g/mol. The number of rotatable bonds is 5. The summed E-state index contributed by atoms with van der Waals surface area (Å²) >= 11 is 0. The zero-order valence-electron chi connectivity index (χ0n) is 14.4. The van der Waals surface area contributed by atoms with Gasteiger partial charge in [0.1, 0.15) is 5.69 Å². The van der Waals surface area contributed by atoms with Crippen molar-refractivity contribution in [2.75, 3.05) is 26.7 Å². The minimum atomic E-state index is -0.125. The molecule has 1 aliphatic heterocycles. The zero-order chi connectivity index (χ0) is 16.8. The van der Waals surface area contributed by atoms with E-state index in [1.807, 2.05) is 4.90 Å². The molecule has 5 nitrogen and oxygen atoms in total. The van der Waals surface area contributed by atoms with Crippen LogP contribution in [-0.2, 0) is 0 Å². The minimum Gasteiger partial charge on any atom is -0.340 e. The number of aromatic nitrogens is 1. The highest BCUT2D eigenvalue weighted by Gasteiger charge is 2.22. The van der Waals surface area contributed by atoms with Crippen LogP contribution in [0.5, 0.6) is 0 Å². The summed E-state index contributed by atoms with van der Waals surface area (Å²) in [6, 6.07) is 3.33. The quantitative estimate of drug-likeness (QED) is 0.839. The summed E-state index contributed by atoms with van der Waals surface area (Å²) in [6.07, 6.45) is 5.65. The Labute approximate surface area is 138 Å². The Morgan fingerprint density at radius 3 is 2.70 bits per heavy atom. The molecule has 0 N–H and O–H groups in total. The number of hydrogen-bond donors (Lipinski definition) is 0. The molecule has 1 aromatic rings. The molecular weight excluding hydrogens is 290 g/mol. The van der Waals surface area contributed by atoms with Crippen LogP contribution in [0, 0.1) is 5.92 Å². The van der Waals surface area contributed by atoms with Crippen molar-refractivity contribution in [3.8, 4) is 0 Å².